The summed E-state index contributed by atoms with van der Waals surface area (Å²) in [5, 5.41) is 2.61. The second-order valence-electron chi connectivity index (χ2n) is 4.38. The van der Waals surface area contributed by atoms with Gasteiger partial charge in [0, 0.05) is 28.2 Å². The standard InChI is InChI=1S/C15H11ClN2O3/c1-20-14-10-6-17-7-11(15(19)21-2)13(10)9-5-8(16)3-4-12(9)18-14/h3-7H,1-2H3. The van der Waals surface area contributed by atoms with Gasteiger partial charge in [0.25, 0.3) is 0 Å². The summed E-state index contributed by atoms with van der Waals surface area (Å²) in [5.41, 5.74) is 1.03. The lowest BCUT2D eigenvalue weighted by Gasteiger charge is -2.11. The van der Waals surface area contributed by atoms with Gasteiger partial charge < -0.3 is 9.47 Å². The van der Waals surface area contributed by atoms with Gasteiger partial charge in [-0.05, 0) is 18.2 Å². The van der Waals surface area contributed by atoms with Gasteiger partial charge in [-0.25, -0.2) is 9.78 Å². The molecule has 0 amide bonds. The molecule has 3 aromatic rings. The van der Waals surface area contributed by atoms with Crippen molar-refractivity contribution in [1.82, 2.24) is 9.97 Å². The molecule has 1 aromatic carbocycles. The Morgan fingerprint density at radius 2 is 2.00 bits per heavy atom. The molecule has 0 fully saturated rings. The molecule has 0 saturated heterocycles. The number of hydrogen-bond acceptors (Lipinski definition) is 5. The Morgan fingerprint density at radius 1 is 1.19 bits per heavy atom. The first-order chi connectivity index (χ1) is 10.2. The quantitative estimate of drug-likeness (QED) is 0.537. The summed E-state index contributed by atoms with van der Waals surface area (Å²) in [6.45, 7) is 0. The van der Waals surface area contributed by atoms with E-state index in [1.165, 1.54) is 20.4 Å². The monoisotopic (exact) mass is 302 g/mol. The van der Waals surface area contributed by atoms with Gasteiger partial charge in [0.2, 0.25) is 5.88 Å². The Balaban J connectivity index is 2.55. The first kappa shape index (κ1) is 13.6. The molecule has 0 N–H and O–H groups in total. The highest BCUT2D eigenvalue weighted by atomic mass is 35.5. The number of nitrogens with zero attached hydrogens (tertiary/aromatic N) is 2. The lowest BCUT2D eigenvalue weighted by Crippen LogP contribution is -2.04. The van der Waals surface area contributed by atoms with Crippen molar-refractivity contribution < 1.29 is 14.3 Å². The van der Waals surface area contributed by atoms with Crippen LogP contribution in [0.25, 0.3) is 21.7 Å². The SMILES string of the molecule is COC(=O)c1cncc2c(OC)nc3ccc(Cl)cc3c12. The highest BCUT2D eigenvalue weighted by Gasteiger charge is 2.17. The third-order valence-electron chi connectivity index (χ3n) is 3.22. The van der Waals surface area contributed by atoms with Crippen LogP contribution in [0.1, 0.15) is 10.4 Å². The Bertz CT molecular complexity index is 864. The zero-order valence-corrected chi connectivity index (χ0v) is 12.1. The second-order valence-corrected chi connectivity index (χ2v) is 4.82. The molecule has 0 unspecified atom stereocenters. The van der Waals surface area contributed by atoms with Crippen molar-refractivity contribution in [3.63, 3.8) is 0 Å². The molecular weight excluding hydrogens is 292 g/mol. The van der Waals surface area contributed by atoms with Crippen LogP contribution in [0.15, 0.2) is 30.6 Å². The third-order valence-corrected chi connectivity index (χ3v) is 3.46. The van der Waals surface area contributed by atoms with E-state index in [2.05, 4.69) is 9.97 Å². The molecule has 0 atom stereocenters. The number of fused-ring (bicyclic) bond motifs is 3. The molecule has 0 aliphatic heterocycles. The Morgan fingerprint density at radius 3 is 2.71 bits per heavy atom. The van der Waals surface area contributed by atoms with Crippen molar-refractivity contribution in [2.45, 2.75) is 0 Å². The Kier molecular flexibility index (Phi) is 3.35. The molecular formula is C15H11ClN2O3. The predicted molar refractivity (Wildman–Crippen MR) is 79.9 cm³/mol. The number of rotatable bonds is 2. The molecule has 0 bridgehead atoms. The number of benzene rings is 1. The van der Waals surface area contributed by atoms with Crippen LogP contribution in [0.3, 0.4) is 0 Å². The van der Waals surface area contributed by atoms with E-state index in [1.54, 1.807) is 24.4 Å². The van der Waals surface area contributed by atoms with Gasteiger partial charge in [-0.1, -0.05) is 11.6 Å². The number of esters is 1. The number of methoxy groups -OCH3 is 2. The van der Waals surface area contributed by atoms with Crippen molar-refractivity contribution in [2.24, 2.45) is 0 Å². The summed E-state index contributed by atoms with van der Waals surface area (Å²) < 4.78 is 10.1. The number of hydrogen-bond donors (Lipinski definition) is 0. The highest BCUT2D eigenvalue weighted by molar-refractivity contribution is 6.32. The van der Waals surface area contributed by atoms with Crippen LogP contribution in [0.5, 0.6) is 5.88 Å². The number of carbonyl (C=O) groups excluding carboxylic acids is 1. The molecule has 0 spiro atoms. The topological polar surface area (TPSA) is 61.3 Å². The summed E-state index contributed by atoms with van der Waals surface area (Å²) in [6, 6.07) is 5.28. The lowest BCUT2D eigenvalue weighted by atomic mass is 10.0. The van der Waals surface area contributed by atoms with E-state index in [4.69, 9.17) is 21.1 Å². The van der Waals surface area contributed by atoms with Crippen LogP contribution >= 0.6 is 11.6 Å². The minimum Gasteiger partial charge on any atom is -0.480 e. The van der Waals surface area contributed by atoms with Gasteiger partial charge in [-0.2, -0.15) is 0 Å². The van der Waals surface area contributed by atoms with Crippen molar-refractivity contribution in [3.8, 4) is 5.88 Å². The number of ether oxygens (including phenoxy) is 2. The third kappa shape index (κ3) is 2.15. The molecule has 2 heterocycles. The predicted octanol–water partition coefficient (Wildman–Crippen LogP) is 3.23. The van der Waals surface area contributed by atoms with E-state index in [0.717, 1.165) is 5.39 Å². The fourth-order valence-corrected chi connectivity index (χ4v) is 2.48. The molecule has 6 heteroatoms. The van der Waals surface area contributed by atoms with Gasteiger partial charge >= 0.3 is 5.97 Å². The Labute approximate surface area is 125 Å². The van der Waals surface area contributed by atoms with Gasteiger partial charge in [0.15, 0.2) is 0 Å². The Hall–Kier alpha value is -2.40. The summed E-state index contributed by atoms with van der Waals surface area (Å²) >= 11 is 6.07. The maximum atomic E-state index is 12.0. The summed E-state index contributed by atoms with van der Waals surface area (Å²) in [4.78, 5) is 20.5. The number of halogens is 1. The first-order valence-electron chi connectivity index (χ1n) is 6.15. The van der Waals surface area contributed by atoms with Crippen molar-refractivity contribution in [2.75, 3.05) is 14.2 Å². The lowest BCUT2D eigenvalue weighted by molar-refractivity contribution is 0.0602. The fraction of sp³-hybridized carbons (Fsp3) is 0.133. The highest BCUT2D eigenvalue weighted by Crippen LogP contribution is 2.33. The smallest absolute Gasteiger partial charge is 0.340 e. The molecule has 0 saturated carbocycles. The summed E-state index contributed by atoms with van der Waals surface area (Å²) in [7, 11) is 2.85. The maximum absolute atomic E-state index is 12.0. The van der Waals surface area contributed by atoms with Crippen LogP contribution in [-0.2, 0) is 4.74 Å². The van der Waals surface area contributed by atoms with Crippen LogP contribution in [0.2, 0.25) is 5.02 Å². The van der Waals surface area contributed by atoms with Crippen molar-refractivity contribution >= 4 is 39.2 Å². The molecule has 0 aliphatic rings. The van der Waals surface area contributed by atoms with Crippen LogP contribution in [0, 0.1) is 0 Å². The van der Waals surface area contributed by atoms with Crippen LogP contribution < -0.4 is 4.74 Å². The minimum absolute atomic E-state index is 0.350. The van der Waals surface area contributed by atoms with E-state index in [0.29, 0.717) is 32.8 Å². The van der Waals surface area contributed by atoms with Gasteiger partial charge in [0.1, 0.15) is 0 Å². The summed E-state index contributed by atoms with van der Waals surface area (Å²) in [6.07, 6.45) is 3.07. The maximum Gasteiger partial charge on any atom is 0.340 e. The number of carbonyl (C=O) groups is 1. The zero-order valence-electron chi connectivity index (χ0n) is 11.4. The molecule has 21 heavy (non-hydrogen) atoms. The van der Waals surface area contributed by atoms with Crippen molar-refractivity contribution in [1.29, 1.82) is 0 Å². The fourth-order valence-electron chi connectivity index (χ4n) is 2.31. The zero-order chi connectivity index (χ0) is 15.0. The number of aromatic nitrogens is 2. The average Bonchev–Trinajstić information content (AvgIpc) is 2.52. The van der Waals surface area contributed by atoms with Gasteiger partial charge in [-0.15, -0.1) is 0 Å². The molecule has 5 nitrogen and oxygen atoms in total. The van der Waals surface area contributed by atoms with E-state index in [9.17, 15) is 4.79 Å². The molecule has 0 aliphatic carbocycles. The van der Waals surface area contributed by atoms with Crippen LogP contribution in [0.4, 0.5) is 0 Å². The minimum atomic E-state index is -0.470. The second kappa shape index (κ2) is 5.18. The summed E-state index contributed by atoms with van der Waals surface area (Å²) in [5.74, 6) is -0.0688. The molecule has 3 rings (SSSR count). The van der Waals surface area contributed by atoms with E-state index in [-0.39, 0.29) is 0 Å². The largest absolute Gasteiger partial charge is 0.480 e. The van der Waals surface area contributed by atoms with Gasteiger partial charge in [-0.3, -0.25) is 4.98 Å². The van der Waals surface area contributed by atoms with E-state index >= 15 is 0 Å². The first-order valence-corrected chi connectivity index (χ1v) is 6.52. The van der Waals surface area contributed by atoms with Crippen LogP contribution in [-0.4, -0.2) is 30.2 Å². The van der Waals surface area contributed by atoms with E-state index in [1.807, 2.05) is 0 Å². The van der Waals surface area contributed by atoms with Crippen molar-refractivity contribution in [3.05, 3.63) is 41.2 Å². The molecule has 2 aromatic heterocycles. The average molecular weight is 303 g/mol. The number of pyridine rings is 2. The molecule has 0 radical (unpaired) electrons. The normalized spacial score (nSPS) is 10.8. The van der Waals surface area contributed by atoms with Gasteiger partial charge in [0.05, 0.1) is 30.7 Å². The van der Waals surface area contributed by atoms with E-state index < -0.39 is 5.97 Å². The molecule has 106 valence electrons.